The van der Waals surface area contributed by atoms with Gasteiger partial charge in [0.05, 0.1) is 0 Å². The van der Waals surface area contributed by atoms with Crippen molar-refractivity contribution in [2.24, 2.45) is 17.6 Å². The molecule has 10 nitrogen and oxygen atoms in total. The predicted molar refractivity (Wildman–Crippen MR) is 153 cm³/mol. The molecule has 0 aromatic heterocycles. The molecular weight excluding hydrogens is 511 g/mol. The molecule has 0 unspecified atom stereocenters. The Hall–Kier alpha value is -3.15. The molecule has 213 valence electrons. The second-order valence-electron chi connectivity index (χ2n) is 12.0. The number of anilines is 1. The molecule has 0 aliphatic heterocycles. The van der Waals surface area contributed by atoms with Gasteiger partial charge in [-0.05, 0) is 12.8 Å². The van der Waals surface area contributed by atoms with Gasteiger partial charge in [0.15, 0.2) is 0 Å². The molecule has 0 saturated heterocycles. The van der Waals surface area contributed by atoms with Gasteiger partial charge in [0.2, 0.25) is 0 Å². The van der Waals surface area contributed by atoms with Crippen molar-refractivity contribution >= 4 is 36.1 Å². The van der Waals surface area contributed by atoms with Gasteiger partial charge in [0, 0.05) is 0 Å². The normalized spacial score (nSPS) is 28.1. The SMILES string of the molecule is [B]=C1C(C(N)=O)=C(O)[C@@H](N(C)C)[C@@H]2C[C@@H]3Cc4c(c(O)cc(CN(CC)C5CC5)c4N(C)C)C(O)=C3C(=O)[C@]12O. The summed E-state index contributed by atoms with van der Waals surface area (Å²) in [5.74, 6) is -4.29. The van der Waals surface area contributed by atoms with Gasteiger partial charge in [-0.1, -0.05) is 6.92 Å². The second kappa shape index (κ2) is 9.75. The minimum absolute atomic E-state index is 0.0437. The number of phenolic OH excluding ortho intramolecular Hbond substituents is 1. The summed E-state index contributed by atoms with van der Waals surface area (Å²) in [5.41, 5.74) is 4.76. The summed E-state index contributed by atoms with van der Waals surface area (Å²) in [4.78, 5) is 32.3. The van der Waals surface area contributed by atoms with Crippen molar-refractivity contribution in [3.05, 3.63) is 39.7 Å². The number of phenols is 1. The summed E-state index contributed by atoms with van der Waals surface area (Å²) in [7, 11) is 13.4. The molecule has 4 aliphatic rings. The van der Waals surface area contributed by atoms with Crippen LogP contribution in [0.2, 0.25) is 0 Å². The number of primary amides is 1. The number of rotatable bonds is 7. The van der Waals surface area contributed by atoms with E-state index >= 15 is 0 Å². The fraction of sp³-hybridized carbons (Fsp3) is 0.552. The average Bonchev–Trinajstić information content (AvgIpc) is 3.69. The summed E-state index contributed by atoms with van der Waals surface area (Å²) in [6, 6.07) is 1.25. The molecule has 11 heteroatoms. The second-order valence-corrected chi connectivity index (χ2v) is 12.0. The maximum absolute atomic E-state index is 14.1. The van der Waals surface area contributed by atoms with Crippen LogP contribution in [0.4, 0.5) is 5.69 Å². The molecule has 1 aromatic rings. The first-order valence-corrected chi connectivity index (χ1v) is 13.8. The number of aliphatic hydroxyl groups is 3. The van der Waals surface area contributed by atoms with E-state index in [1.165, 1.54) is 0 Å². The molecular formula is C29H38BN4O6. The van der Waals surface area contributed by atoms with E-state index < -0.39 is 52.0 Å². The van der Waals surface area contributed by atoms with E-state index in [2.05, 4.69) is 11.8 Å². The van der Waals surface area contributed by atoms with Crippen LogP contribution in [0, 0.1) is 11.8 Å². The van der Waals surface area contributed by atoms with Crippen LogP contribution < -0.4 is 10.6 Å². The van der Waals surface area contributed by atoms with Gasteiger partial charge in [-0.25, -0.2) is 0 Å². The Morgan fingerprint density at radius 1 is 1.18 bits per heavy atom. The number of hydrogen-bond donors (Lipinski definition) is 5. The average molecular weight is 549 g/mol. The van der Waals surface area contributed by atoms with Crippen LogP contribution in [0.5, 0.6) is 5.75 Å². The van der Waals surface area contributed by atoms with E-state index in [-0.39, 0.29) is 29.1 Å². The fourth-order valence-corrected chi connectivity index (χ4v) is 7.30. The number of carbonyl (C=O) groups is 2. The zero-order valence-corrected chi connectivity index (χ0v) is 23.7. The molecule has 1 aromatic carbocycles. The molecule has 0 heterocycles. The summed E-state index contributed by atoms with van der Waals surface area (Å²) in [6.07, 6.45) is 2.80. The van der Waals surface area contributed by atoms with E-state index in [0.29, 0.717) is 19.0 Å². The number of aliphatic hydroxyl groups excluding tert-OH is 2. The van der Waals surface area contributed by atoms with E-state index in [4.69, 9.17) is 13.2 Å². The molecule has 1 radical (unpaired) electrons. The molecule has 2 fully saturated rings. The molecule has 40 heavy (non-hydrogen) atoms. The van der Waals surface area contributed by atoms with Crippen LogP contribution >= 0.6 is 0 Å². The van der Waals surface area contributed by atoms with Crippen LogP contribution in [-0.2, 0) is 22.6 Å². The Morgan fingerprint density at radius 3 is 2.35 bits per heavy atom. The Labute approximate surface area is 235 Å². The topological polar surface area (TPSA) is 151 Å². The number of Topliss-reactive ketones (excluding diaryl/α,β-unsaturated/α-hetero) is 1. The summed E-state index contributed by atoms with van der Waals surface area (Å²) in [5, 5.41) is 45.7. The standard InChI is InChI=1S/C29H38BN4O6/c1-6-34(15-7-8-15)12-14-11-18(35)20-16(22(14)32(2)3)9-13-10-17-23(33(4)5)25(37)21(28(31)39)26(30)29(17,40)27(38)19(13)24(20)36/h11,13,15,17,23,35-37,40H,6-10,12H2,1-5H3,(H2,31,39)/t13-,17-,23-,29+/m0/s1. The number of nitrogens with zero attached hydrogens (tertiary/aromatic N) is 3. The molecule has 2 saturated carbocycles. The number of nitrogens with two attached hydrogens (primary N) is 1. The van der Waals surface area contributed by atoms with Gasteiger partial charge in [-0.15, -0.1) is 0 Å². The summed E-state index contributed by atoms with van der Waals surface area (Å²) < 4.78 is 0. The number of aromatic hydroxyl groups is 1. The maximum atomic E-state index is 14.1. The van der Waals surface area contributed by atoms with Gasteiger partial charge < -0.3 is 0 Å². The van der Waals surface area contributed by atoms with Gasteiger partial charge in [-0.3, -0.25) is 0 Å². The minimum atomic E-state index is -2.38. The van der Waals surface area contributed by atoms with E-state index in [9.17, 15) is 30.0 Å². The molecule has 0 bridgehead atoms. The van der Waals surface area contributed by atoms with Crippen molar-refractivity contribution < 1.29 is 30.0 Å². The van der Waals surface area contributed by atoms with Gasteiger partial charge >= 0.3 is 216 Å². The van der Waals surface area contributed by atoms with Crippen LogP contribution in [0.3, 0.4) is 0 Å². The van der Waals surface area contributed by atoms with E-state index in [0.717, 1.165) is 36.2 Å². The first-order chi connectivity index (χ1) is 18.7. The molecule has 4 atom stereocenters. The van der Waals surface area contributed by atoms with Crippen molar-refractivity contribution in [1.29, 1.82) is 0 Å². The molecule has 5 rings (SSSR count). The van der Waals surface area contributed by atoms with Gasteiger partial charge in [0.1, 0.15) is 0 Å². The van der Waals surface area contributed by atoms with Crippen molar-refractivity contribution in [3.8, 4) is 5.75 Å². The zero-order chi connectivity index (χ0) is 29.4. The fourth-order valence-electron chi connectivity index (χ4n) is 7.30. The van der Waals surface area contributed by atoms with Crippen molar-refractivity contribution in [2.75, 3.05) is 39.6 Å². The monoisotopic (exact) mass is 549 g/mol. The van der Waals surface area contributed by atoms with Crippen molar-refractivity contribution in [3.63, 3.8) is 0 Å². The summed E-state index contributed by atoms with van der Waals surface area (Å²) in [6.45, 7) is 3.63. The van der Waals surface area contributed by atoms with E-state index in [1.807, 2.05) is 19.0 Å². The van der Waals surface area contributed by atoms with Crippen LogP contribution in [0.1, 0.15) is 42.9 Å². The molecule has 1 amide bonds. The third-order valence-corrected chi connectivity index (χ3v) is 9.17. The number of likely N-dealkylation sites (N-methyl/N-ethyl adjacent to an activating group) is 1. The van der Waals surface area contributed by atoms with Crippen molar-refractivity contribution in [1.82, 2.24) is 9.80 Å². The Balaban J connectivity index is 1.68. The van der Waals surface area contributed by atoms with Crippen LogP contribution in [0.15, 0.2) is 23.0 Å². The number of carbonyl (C=O) groups excluding carboxylic acids is 2. The number of amides is 1. The first kappa shape index (κ1) is 28.4. The number of hydrogen-bond acceptors (Lipinski definition) is 9. The molecule has 6 N–H and O–H groups in total. The number of benzene rings is 1. The van der Waals surface area contributed by atoms with Crippen molar-refractivity contribution in [2.45, 2.75) is 56.8 Å². The summed E-state index contributed by atoms with van der Waals surface area (Å²) >= 11 is 0. The molecule has 0 spiro atoms. The molecule has 4 aliphatic carbocycles. The Kier molecular flexibility index (Phi) is 6.92. The van der Waals surface area contributed by atoms with Crippen LogP contribution in [-0.4, -0.2) is 107 Å². The number of ketones is 1. The first-order valence-electron chi connectivity index (χ1n) is 13.8. The third-order valence-electron chi connectivity index (χ3n) is 9.17. The quantitative estimate of drug-likeness (QED) is 0.311. The number of fused-ring (bicyclic) bond motifs is 3. The van der Waals surface area contributed by atoms with Gasteiger partial charge in [-0.2, -0.15) is 0 Å². The van der Waals surface area contributed by atoms with E-state index in [1.54, 1.807) is 25.1 Å². The predicted octanol–water partition coefficient (Wildman–Crippen LogP) is 0.786. The van der Waals surface area contributed by atoms with Gasteiger partial charge in [0.25, 0.3) is 0 Å². The third kappa shape index (κ3) is 4.01. The Bertz CT molecular complexity index is 1380. The zero-order valence-electron chi connectivity index (χ0n) is 23.7. The van der Waals surface area contributed by atoms with Crippen LogP contribution in [0.25, 0.3) is 5.76 Å². The Morgan fingerprint density at radius 2 is 1.82 bits per heavy atom.